The highest BCUT2D eigenvalue weighted by atomic mass is 32.2. The molecule has 0 saturated carbocycles. The first-order chi connectivity index (χ1) is 16.0. The number of hydrogen-bond donors (Lipinski definition) is 0. The summed E-state index contributed by atoms with van der Waals surface area (Å²) in [6, 6.07) is 13.0. The van der Waals surface area contributed by atoms with Gasteiger partial charge in [-0.1, -0.05) is 30.4 Å². The third-order valence-electron chi connectivity index (χ3n) is 6.22. The van der Waals surface area contributed by atoms with Gasteiger partial charge in [-0.25, -0.2) is 12.4 Å². The Kier molecular flexibility index (Phi) is 5.48. The number of benzene rings is 2. The molecule has 5 rings (SSSR count). The van der Waals surface area contributed by atoms with Crippen molar-refractivity contribution < 1.29 is 27.5 Å². The van der Waals surface area contributed by atoms with Crippen LogP contribution in [0.15, 0.2) is 65.6 Å². The van der Waals surface area contributed by atoms with Gasteiger partial charge in [0.25, 0.3) is 10.0 Å². The van der Waals surface area contributed by atoms with Crippen molar-refractivity contribution in [2.75, 3.05) is 27.4 Å². The third kappa shape index (κ3) is 3.43. The largest absolute Gasteiger partial charge is 0.497 e. The van der Waals surface area contributed by atoms with Crippen LogP contribution >= 0.6 is 0 Å². The molecule has 3 heterocycles. The number of nitrogens with zero attached hydrogens (tertiary/aromatic N) is 2. The fourth-order valence-corrected chi connectivity index (χ4v) is 6.36. The van der Waals surface area contributed by atoms with E-state index >= 15 is 0 Å². The summed E-state index contributed by atoms with van der Waals surface area (Å²) in [6.07, 6.45) is 4.06. The Balaban J connectivity index is 1.85. The van der Waals surface area contributed by atoms with Crippen LogP contribution in [0.2, 0.25) is 0 Å². The van der Waals surface area contributed by atoms with Gasteiger partial charge in [0.2, 0.25) is 0 Å². The molecule has 0 bridgehead atoms. The lowest BCUT2D eigenvalue weighted by Crippen LogP contribution is -2.42. The summed E-state index contributed by atoms with van der Waals surface area (Å²) in [5.41, 5.74) is 1.90. The van der Waals surface area contributed by atoms with E-state index in [1.54, 1.807) is 66.8 Å². The fraction of sp³-hybridized carbons (Fsp3) is 0.292. The number of carbonyl (C=O) groups is 1. The van der Waals surface area contributed by atoms with Crippen molar-refractivity contribution in [1.82, 2.24) is 9.04 Å². The molecule has 2 aromatic carbocycles. The number of fused-ring (bicyclic) bond motifs is 5. The molecule has 2 atom stereocenters. The molecule has 9 heteroatoms. The smallest absolute Gasteiger partial charge is 0.314 e. The number of carbonyl (C=O) groups excluding carboxylic acids is 1. The van der Waals surface area contributed by atoms with Crippen LogP contribution in [0.3, 0.4) is 0 Å². The molecule has 0 spiro atoms. The molecular weight excluding hydrogens is 444 g/mol. The highest BCUT2D eigenvalue weighted by Gasteiger charge is 2.44. The first kappa shape index (κ1) is 21.7. The second-order valence-electron chi connectivity index (χ2n) is 7.94. The summed E-state index contributed by atoms with van der Waals surface area (Å²) in [5, 5.41) is 2.48. The minimum atomic E-state index is -3.98. The number of ether oxygens (including phenoxy) is 2. The van der Waals surface area contributed by atoms with Gasteiger partial charge in [-0.3, -0.25) is 9.63 Å². The molecule has 0 fully saturated rings. The first-order valence-corrected chi connectivity index (χ1v) is 12.1. The van der Waals surface area contributed by atoms with Crippen LogP contribution in [0.4, 0.5) is 0 Å². The van der Waals surface area contributed by atoms with Gasteiger partial charge in [-0.05, 0) is 42.3 Å². The molecule has 1 aromatic heterocycles. The second kappa shape index (κ2) is 8.33. The zero-order valence-corrected chi connectivity index (χ0v) is 19.1. The summed E-state index contributed by atoms with van der Waals surface area (Å²) in [4.78, 5) is 18.9. The summed E-state index contributed by atoms with van der Waals surface area (Å²) in [7, 11) is -1.08. The summed E-state index contributed by atoms with van der Waals surface area (Å²) in [5.74, 6) is -0.554. The van der Waals surface area contributed by atoms with Crippen molar-refractivity contribution in [1.29, 1.82) is 0 Å². The minimum absolute atomic E-state index is 0.164. The van der Waals surface area contributed by atoms with Crippen LogP contribution in [0.1, 0.15) is 17.3 Å². The first-order valence-electron chi connectivity index (χ1n) is 10.6. The molecule has 0 N–H and O–H groups in total. The predicted octanol–water partition coefficient (Wildman–Crippen LogP) is 3.08. The topological polar surface area (TPSA) is 87.1 Å². The summed E-state index contributed by atoms with van der Waals surface area (Å²) < 4.78 is 39.8. The van der Waals surface area contributed by atoms with E-state index in [4.69, 9.17) is 14.3 Å². The number of hydroxylamine groups is 2. The number of hydrogen-bond acceptors (Lipinski definition) is 7. The van der Waals surface area contributed by atoms with E-state index in [-0.39, 0.29) is 4.90 Å². The van der Waals surface area contributed by atoms with Crippen molar-refractivity contribution in [2.24, 2.45) is 5.92 Å². The van der Waals surface area contributed by atoms with Crippen molar-refractivity contribution in [3.63, 3.8) is 0 Å². The predicted molar refractivity (Wildman–Crippen MR) is 121 cm³/mol. The van der Waals surface area contributed by atoms with E-state index < -0.39 is 28.0 Å². The van der Waals surface area contributed by atoms with Crippen LogP contribution in [-0.2, 0) is 30.8 Å². The number of methoxy groups -OCH3 is 2. The van der Waals surface area contributed by atoms with E-state index in [1.807, 2.05) is 6.07 Å². The van der Waals surface area contributed by atoms with Gasteiger partial charge in [0.15, 0.2) is 0 Å². The second-order valence-corrected chi connectivity index (χ2v) is 9.72. The van der Waals surface area contributed by atoms with Gasteiger partial charge in [-0.2, -0.15) is 5.06 Å². The lowest BCUT2D eigenvalue weighted by atomic mass is 9.89. The maximum Gasteiger partial charge on any atom is 0.314 e. The molecule has 0 unspecified atom stereocenters. The van der Waals surface area contributed by atoms with Crippen molar-refractivity contribution in [2.45, 2.75) is 17.4 Å². The van der Waals surface area contributed by atoms with E-state index in [9.17, 15) is 13.2 Å². The molecule has 0 radical (unpaired) electrons. The molecule has 3 aromatic rings. The Morgan fingerprint density at radius 2 is 1.91 bits per heavy atom. The SMILES string of the molecule is COC(=O)[C@H]1C=CCON2CCc3c(n(S(=O)(=O)c4ccccc4)c4ccc(OC)cc34)[C@H]12. The van der Waals surface area contributed by atoms with Gasteiger partial charge in [-0.15, -0.1) is 0 Å². The molecule has 0 saturated heterocycles. The highest BCUT2D eigenvalue weighted by molar-refractivity contribution is 7.90. The Morgan fingerprint density at radius 3 is 2.64 bits per heavy atom. The average molecular weight is 469 g/mol. The third-order valence-corrected chi connectivity index (χ3v) is 7.97. The number of esters is 1. The Hall–Kier alpha value is -3.14. The fourth-order valence-electron chi connectivity index (χ4n) is 4.75. The van der Waals surface area contributed by atoms with Crippen LogP contribution in [0.5, 0.6) is 5.75 Å². The van der Waals surface area contributed by atoms with E-state index in [1.165, 1.54) is 11.1 Å². The maximum absolute atomic E-state index is 14.0. The highest BCUT2D eigenvalue weighted by Crippen LogP contribution is 2.44. The lowest BCUT2D eigenvalue weighted by molar-refractivity contribution is -0.194. The number of aromatic nitrogens is 1. The number of rotatable bonds is 4. The molecule has 0 aliphatic carbocycles. The van der Waals surface area contributed by atoms with E-state index in [0.717, 1.165) is 10.9 Å². The van der Waals surface area contributed by atoms with Crippen LogP contribution < -0.4 is 4.74 Å². The summed E-state index contributed by atoms with van der Waals surface area (Å²) >= 11 is 0. The van der Waals surface area contributed by atoms with Crippen LogP contribution in [0.25, 0.3) is 10.9 Å². The maximum atomic E-state index is 14.0. The normalized spacial score (nSPS) is 20.7. The van der Waals surface area contributed by atoms with Crippen LogP contribution in [-0.4, -0.2) is 50.8 Å². The van der Waals surface area contributed by atoms with Crippen molar-refractivity contribution in [3.05, 3.63) is 71.9 Å². The van der Waals surface area contributed by atoms with Gasteiger partial charge >= 0.3 is 5.97 Å². The van der Waals surface area contributed by atoms with Gasteiger partial charge in [0.05, 0.1) is 48.9 Å². The quantitative estimate of drug-likeness (QED) is 0.430. The Morgan fingerprint density at radius 1 is 1.12 bits per heavy atom. The Labute approximate surface area is 192 Å². The van der Waals surface area contributed by atoms with Crippen molar-refractivity contribution in [3.8, 4) is 5.75 Å². The van der Waals surface area contributed by atoms with Crippen molar-refractivity contribution >= 4 is 26.9 Å². The monoisotopic (exact) mass is 468 g/mol. The lowest BCUT2D eigenvalue weighted by Gasteiger charge is -2.37. The molecule has 8 nitrogen and oxygen atoms in total. The minimum Gasteiger partial charge on any atom is -0.497 e. The Bertz CT molecular complexity index is 1350. The zero-order valence-electron chi connectivity index (χ0n) is 18.3. The van der Waals surface area contributed by atoms with Crippen LogP contribution in [0, 0.1) is 5.92 Å². The standard InChI is InChI=1S/C24H24N2O6S/c1-30-16-10-11-21-20(15-16)18-12-13-25-22(19(24(27)31-2)9-6-14-32-25)23(18)26(21)33(28,29)17-7-4-3-5-8-17/h3-11,15,19,22H,12-14H2,1-2H3/t19-,22-/m0/s1. The van der Waals surface area contributed by atoms with E-state index in [0.29, 0.717) is 36.5 Å². The molecule has 2 aliphatic rings. The summed E-state index contributed by atoms with van der Waals surface area (Å²) in [6.45, 7) is 0.799. The molecule has 172 valence electrons. The molecule has 33 heavy (non-hydrogen) atoms. The zero-order chi connectivity index (χ0) is 23.2. The van der Waals surface area contributed by atoms with Gasteiger partial charge in [0, 0.05) is 11.9 Å². The average Bonchev–Trinajstić information content (AvgIpc) is 3.02. The van der Waals surface area contributed by atoms with Gasteiger partial charge < -0.3 is 9.47 Å². The van der Waals surface area contributed by atoms with Gasteiger partial charge in [0.1, 0.15) is 5.75 Å². The molecular formula is C24H24N2O6S. The molecule has 0 amide bonds. The molecule has 2 aliphatic heterocycles. The van der Waals surface area contributed by atoms with E-state index in [2.05, 4.69) is 0 Å².